The molecule has 1 fully saturated rings. The van der Waals surface area contributed by atoms with Crippen molar-refractivity contribution in [2.24, 2.45) is 10.6 Å². The summed E-state index contributed by atoms with van der Waals surface area (Å²) in [6.45, 7) is 0.429. The highest BCUT2D eigenvalue weighted by atomic mass is 16.8. The number of piperidine rings is 1. The molecule has 0 radical (unpaired) electrons. The summed E-state index contributed by atoms with van der Waals surface area (Å²) < 4.78 is 0. The topological polar surface area (TPSA) is 151 Å². The summed E-state index contributed by atoms with van der Waals surface area (Å²) >= 11 is 0. The minimum absolute atomic E-state index is 0.00773. The minimum Gasteiger partial charge on any atom is -0.597 e. The van der Waals surface area contributed by atoms with Gasteiger partial charge in [0.25, 0.3) is 6.79 Å². The Labute approximate surface area is 127 Å². The van der Waals surface area contributed by atoms with Gasteiger partial charge in [-0.2, -0.15) is 0 Å². The molecule has 128 valence electrons. The zero-order chi connectivity index (χ0) is 16.2. The summed E-state index contributed by atoms with van der Waals surface area (Å²) in [5.74, 6) is 0. The first-order chi connectivity index (χ1) is 10.7. The summed E-state index contributed by atoms with van der Waals surface area (Å²) in [6.07, 6.45) is 1.35. The maximum absolute atomic E-state index is 11.5. The van der Waals surface area contributed by atoms with Crippen molar-refractivity contribution < 1.29 is 29.7 Å². The number of nitrogens with one attached hydrogen (secondary N) is 1. The molecule has 12 nitrogen and oxygen atoms in total. The molecule has 0 amide bonds. The Morgan fingerprint density at radius 1 is 1.09 bits per heavy atom. The van der Waals surface area contributed by atoms with E-state index in [1.54, 1.807) is 0 Å². The standard InChI is InChI=1S/C10H22N6O6/c17-7-5-14(6-8-18)16(20)13-22-9-21-12-15(19)10-1-3-11-4-2-10/h10-11,17-18H,1-9H2. The van der Waals surface area contributed by atoms with Crippen molar-refractivity contribution >= 4 is 0 Å². The zero-order valence-corrected chi connectivity index (χ0v) is 12.2. The molecule has 0 spiro atoms. The van der Waals surface area contributed by atoms with Gasteiger partial charge in [0.15, 0.2) is 6.04 Å². The van der Waals surface area contributed by atoms with E-state index in [1.807, 2.05) is 0 Å². The van der Waals surface area contributed by atoms with Crippen LogP contribution in [-0.2, 0) is 9.68 Å². The number of hydrogen-bond donors (Lipinski definition) is 3. The molecule has 0 unspecified atom stereocenters. The van der Waals surface area contributed by atoms with Gasteiger partial charge in [0.1, 0.15) is 13.1 Å². The van der Waals surface area contributed by atoms with E-state index in [2.05, 4.69) is 25.5 Å². The molecule has 1 heterocycles. The molecule has 0 aromatic heterocycles. The van der Waals surface area contributed by atoms with Crippen LogP contribution in [0.4, 0.5) is 0 Å². The minimum atomic E-state index is -0.505. The lowest BCUT2D eigenvalue weighted by Gasteiger charge is -2.18. The van der Waals surface area contributed by atoms with Crippen LogP contribution < -0.4 is 5.32 Å². The predicted molar refractivity (Wildman–Crippen MR) is 70.8 cm³/mol. The van der Waals surface area contributed by atoms with Crippen LogP contribution in [0.5, 0.6) is 0 Å². The highest BCUT2D eigenvalue weighted by Gasteiger charge is 2.21. The molecule has 0 aliphatic carbocycles. The van der Waals surface area contributed by atoms with Crippen LogP contribution in [0.15, 0.2) is 10.6 Å². The predicted octanol–water partition coefficient (Wildman–Crippen LogP) is -1.31. The van der Waals surface area contributed by atoms with E-state index in [9.17, 15) is 10.4 Å². The molecule has 12 heteroatoms. The van der Waals surface area contributed by atoms with Crippen LogP contribution in [0.3, 0.4) is 0 Å². The number of hydrogen-bond acceptors (Lipinski definition) is 9. The van der Waals surface area contributed by atoms with Crippen molar-refractivity contribution in [2.45, 2.75) is 18.9 Å². The van der Waals surface area contributed by atoms with Gasteiger partial charge >= 0.3 is 0 Å². The molecular formula is C10H22N6O6. The van der Waals surface area contributed by atoms with Gasteiger partial charge in [-0.3, -0.25) is 4.84 Å². The maximum Gasteiger partial charge on any atom is 0.292 e. The van der Waals surface area contributed by atoms with Crippen LogP contribution in [0, 0.1) is 10.4 Å². The summed E-state index contributed by atoms with van der Waals surface area (Å²) in [6, 6.07) is -0.237. The number of nitrogens with zero attached hydrogens (tertiary/aromatic N) is 5. The Kier molecular flexibility index (Phi) is 8.86. The van der Waals surface area contributed by atoms with E-state index in [-0.39, 0.29) is 37.3 Å². The number of rotatable bonds is 10. The smallest absolute Gasteiger partial charge is 0.292 e. The van der Waals surface area contributed by atoms with Gasteiger partial charge < -0.3 is 30.8 Å². The van der Waals surface area contributed by atoms with Gasteiger partial charge in [-0.1, -0.05) is 4.86 Å². The van der Waals surface area contributed by atoms with E-state index in [0.29, 0.717) is 17.7 Å². The monoisotopic (exact) mass is 322 g/mol. The fourth-order valence-electron chi connectivity index (χ4n) is 1.84. The molecule has 0 aromatic rings. The molecule has 0 bridgehead atoms. The average molecular weight is 322 g/mol. The van der Waals surface area contributed by atoms with Crippen molar-refractivity contribution in [2.75, 3.05) is 46.2 Å². The molecule has 1 aliphatic heterocycles. The number of aliphatic hydroxyl groups is 2. The van der Waals surface area contributed by atoms with E-state index < -0.39 is 6.79 Å². The van der Waals surface area contributed by atoms with Gasteiger partial charge in [-0.25, -0.2) is 0 Å². The second kappa shape index (κ2) is 10.8. The normalized spacial score (nSPS) is 17.4. The van der Waals surface area contributed by atoms with Gasteiger partial charge in [0, 0.05) is 25.9 Å². The molecular weight excluding hydrogens is 300 g/mol. The first-order valence-corrected chi connectivity index (χ1v) is 6.95. The quantitative estimate of drug-likeness (QED) is 0.147. The highest BCUT2D eigenvalue weighted by molar-refractivity contribution is 4.66. The average Bonchev–Trinajstić information content (AvgIpc) is 2.54. The Bertz CT molecular complexity index is 356. The highest BCUT2D eigenvalue weighted by Crippen LogP contribution is 2.06. The molecule has 0 aromatic carbocycles. The van der Waals surface area contributed by atoms with Gasteiger partial charge in [-0.05, 0) is 0 Å². The Morgan fingerprint density at radius 2 is 1.68 bits per heavy atom. The van der Waals surface area contributed by atoms with E-state index in [0.717, 1.165) is 18.1 Å². The SMILES string of the molecule is [O-][N+](=NOCON=[N+]([O-])N(CCO)CCO)C1CCNCC1. The molecule has 0 saturated carbocycles. The number of aliphatic hydroxyl groups excluding tert-OH is 2. The van der Waals surface area contributed by atoms with Crippen LogP contribution in [0.1, 0.15) is 12.8 Å². The summed E-state index contributed by atoms with van der Waals surface area (Å²) in [5, 5.41) is 51.1. The summed E-state index contributed by atoms with van der Waals surface area (Å²) in [7, 11) is 0. The van der Waals surface area contributed by atoms with Crippen molar-refractivity contribution in [3.63, 3.8) is 0 Å². The summed E-state index contributed by atoms with van der Waals surface area (Å²) in [4.78, 5) is 9.72. The third-order valence-electron chi connectivity index (χ3n) is 2.95. The Morgan fingerprint density at radius 3 is 2.27 bits per heavy atom. The molecule has 1 rings (SSSR count). The lowest BCUT2D eigenvalue weighted by Crippen LogP contribution is -2.36. The second-order valence-electron chi connectivity index (χ2n) is 4.48. The van der Waals surface area contributed by atoms with E-state index >= 15 is 0 Å². The van der Waals surface area contributed by atoms with Crippen LogP contribution in [-0.4, -0.2) is 77.3 Å². The largest absolute Gasteiger partial charge is 0.597 e. The lowest BCUT2D eigenvalue weighted by molar-refractivity contribution is -0.713. The van der Waals surface area contributed by atoms with Gasteiger partial charge in [-0.15, -0.1) is 5.01 Å². The lowest BCUT2D eigenvalue weighted by atomic mass is 10.1. The first kappa shape index (κ1) is 18.1. The first-order valence-electron chi connectivity index (χ1n) is 6.95. The van der Waals surface area contributed by atoms with Crippen LogP contribution in [0.2, 0.25) is 0 Å². The molecule has 22 heavy (non-hydrogen) atoms. The molecule has 1 saturated heterocycles. The molecule has 3 N–H and O–H groups in total. The van der Waals surface area contributed by atoms with Crippen LogP contribution in [0.25, 0.3) is 0 Å². The van der Waals surface area contributed by atoms with Crippen molar-refractivity contribution in [3.05, 3.63) is 10.4 Å². The van der Waals surface area contributed by atoms with Gasteiger partial charge in [0.2, 0.25) is 10.6 Å². The molecule has 1 aliphatic rings. The molecule has 0 atom stereocenters. The van der Waals surface area contributed by atoms with Crippen molar-refractivity contribution in [3.8, 4) is 0 Å². The number of hydroxylamine groups is 1. The summed E-state index contributed by atoms with van der Waals surface area (Å²) in [5.41, 5.74) is 0. The third kappa shape index (κ3) is 6.69. The zero-order valence-electron chi connectivity index (χ0n) is 12.2. The fourth-order valence-corrected chi connectivity index (χ4v) is 1.84. The maximum atomic E-state index is 11.5. The van der Waals surface area contributed by atoms with Gasteiger partial charge in [0.05, 0.1) is 18.2 Å². The fraction of sp³-hybridized carbons (Fsp3) is 1.00. The van der Waals surface area contributed by atoms with E-state index in [4.69, 9.17) is 10.2 Å². The Hall–Kier alpha value is -1.92. The van der Waals surface area contributed by atoms with Crippen molar-refractivity contribution in [1.82, 2.24) is 10.3 Å². The Balaban J connectivity index is 2.28. The van der Waals surface area contributed by atoms with E-state index in [1.165, 1.54) is 0 Å². The second-order valence-corrected chi connectivity index (χ2v) is 4.48. The number of hydrazine groups is 1. The third-order valence-corrected chi connectivity index (χ3v) is 2.95. The van der Waals surface area contributed by atoms with Crippen molar-refractivity contribution in [1.29, 1.82) is 0 Å². The van der Waals surface area contributed by atoms with Crippen LogP contribution >= 0.6 is 0 Å².